The van der Waals surface area contributed by atoms with E-state index in [0.29, 0.717) is 6.61 Å². The predicted molar refractivity (Wildman–Crippen MR) is 61.9 cm³/mol. The number of H-pyrrole nitrogens is 1. The maximum atomic E-state index is 5.45. The van der Waals surface area contributed by atoms with E-state index in [2.05, 4.69) is 33.9 Å². The van der Waals surface area contributed by atoms with Gasteiger partial charge in [0, 0.05) is 10.9 Å². The fourth-order valence-electron chi connectivity index (χ4n) is 1.53. The Morgan fingerprint density at radius 3 is 2.93 bits per heavy atom. The number of nitrogens with one attached hydrogen (secondary N) is 1. The summed E-state index contributed by atoms with van der Waals surface area (Å²) in [5, 5.41) is 1.21. The maximum absolute atomic E-state index is 5.45. The van der Waals surface area contributed by atoms with Gasteiger partial charge in [0.25, 0.3) is 0 Å². The van der Waals surface area contributed by atoms with Gasteiger partial charge in [-0.25, -0.2) is 0 Å². The van der Waals surface area contributed by atoms with Crippen LogP contribution in [0, 0.1) is 6.92 Å². The lowest BCUT2D eigenvalue weighted by Gasteiger charge is -2.02. The summed E-state index contributed by atoms with van der Waals surface area (Å²) in [6.45, 7) is 4.78. The molecule has 3 heteroatoms. The SMILES string of the molecule is CCOc1ccc2[nH]c(Br)c(C)c2c1. The van der Waals surface area contributed by atoms with Gasteiger partial charge in [-0.05, 0) is 53.5 Å². The van der Waals surface area contributed by atoms with Crippen LogP contribution in [-0.2, 0) is 0 Å². The largest absolute Gasteiger partial charge is 0.494 e. The lowest BCUT2D eigenvalue weighted by molar-refractivity contribution is 0.340. The normalized spacial score (nSPS) is 10.8. The second-order valence-electron chi connectivity index (χ2n) is 3.20. The van der Waals surface area contributed by atoms with Gasteiger partial charge in [0.1, 0.15) is 5.75 Å². The highest BCUT2D eigenvalue weighted by molar-refractivity contribution is 9.10. The third-order valence-corrected chi connectivity index (χ3v) is 3.07. The van der Waals surface area contributed by atoms with Crippen molar-refractivity contribution in [2.45, 2.75) is 13.8 Å². The molecule has 0 atom stereocenters. The Hall–Kier alpha value is -0.960. The lowest BCUT2D eigenvalue weighted by Crippen LogP contribution is -1.90. The van der Waals surface area contributed by atoms with E-state index >= 15 is 0 Å². The molecule has 74 valence electrons. The van der Waals surface area contributed by atoms with Gasteiger partial charge in [-0.3, -0.25) is 0 Å². The van der Waals surface area contributed by atoms with Crippen molar-refractivity contribution in [2.75, 3.05) is 6.61 Å². The first kappa shape index (κ1) is 9.59. The van der Waals surface area contributed by atoms with Gasteiger partial charge in [0.2, 0.25) is 0 Å². The van der Waals surface area contributed by atoms with Crippen LogP contribution in [0.3, 0.4) is 0 Å². The molecule has 2 aromatic rings. The van der Waals surface area contributed by atoms with E-state index in [1.807, 2.05) is 19.1 Å². The standard InChI is InChI=1S/C11H12BrNO/c1-3-14-8-4-5-10-9(6-8)7(2)11(12)13-10/h4-6,13H,3H2,1-2H3. The molecule has 1 aromatic carbocycles. The minimum atomic E-state index is 0.705. The zero-order valence-corrected chi connectivity index (χ0v) is 9.81. The molecule has 14 heavy (non-hydrogen) atoms. The average Bonchev–Trinajstić information content (AvgIpc) is 2.45. The summed E-state index contributed by atoms with van der Waals surface area (Å²) in [4.78, 5) is 3.26. The van der Waals surface area contributed by atoms with E-state index in [-0.39, 0.29) is 0 Å². The maximum Gasteiger partial charge on any atom is 0.120 e. The van der Waals surface area contributed by atoms with Crippen LogP contribution >= 0.6 is 15.9 Å². The van der Waals surface area contributed by atoms with Crippen LogP contribution in [0.15, 0.2) is 22.8 Å². The molecular weight excluding hydrogens is 242 g/mol. The molecule has 0 saturated carbocycles. The van der Waals surface area contributed by atoms with E-state index in [1.165, 1.54) is 10.9 Å². The van der Waals surface area contributed by atoms with Crippen molar-refractivity contribution in [3.63, 3.8) is 0 Å². The summed E-state index contributed by atoms with van der Waals surface area (Å²) in [7, 11) is 0. The monoisotopic (exact) mass is 253 g/mol. The van der Waals surface area contributed by atoms with Crippen LogP contribution in [0.2, 0.25) is 0 Å². The minimum absolute atomic E-state index is 0.705. The molecule has 2 nitrogen and oxygen atoms in total. The van der Waals surface area contributed by atoms with Crippen molar-refractivity contribution >= 4 is 26.8 Å². The molecule has 1 aromatic heterocycles. The first-order valence-electron chi connectivity index (χ1n) is 4.63. The Balaban J connectivity index is 2.58. The Labute approximate surface area is 91.4 Å². The van der Waals surface area contributed by atoms with E-state index in [0.717, 1.165) is 15.9 Å². The molecule has 0 amide bonds. The molecule has 0 spiro atoms. The highest BCUT2D eigenvalue weighted by Crippen LogP contribution is 2.28. The molecule has 0 saturated heterocycles. The fourth-order valence-corrected chi connectivity index (χ4v) is 1.96. The zero-order valence-electron chi connectivity index (χ0n) is 8.23. The number of aromatic nitrogens is 1. The molecule has 0 bridgehead atoms. The molecule has 0 aliphatic heterocycles. The number of rotatable bonds is 2. The summed E-state index contributed by atoms with van der Waals surface area (Å²) in [5.74, 6) is 0.926. The Kier molecular flexibility index (Phi) is 2.50. The van der Waals surface area contributed by atoms with Gasteiger partial charge >= 0.3 is 0 Å². The van der Waals surface area contributed by atoms with Crippen molar-refractivity contribution in [2.24, 2.45) is 0 Å². The molecule has 0 radical (unpaired) electrons. The molecule has 0 aliphatic rings. The Bertz CT molecular complexity index is 462. The summed E-state index contributed by atoms with van der Waals surface area (Å²) in [6, 6.07) is 6.09. The van der Waals surface area contributed by atoms with E-state index in [1.54, 1.807) is 0 Å². The molecular formula is C11H12BrNO. The molecule has 0 unspecified atom stereocenters. The highest BCUT2D eigenvalue weighted by atomic mass is 79.9. The quantitative estimate of drug-likeness (QED) is 0.869. The number of fused-ring (bicyclic) bond motifs is 1. The summed E-state index contributed by atoms with van der Waals surface area (Å²) < 4.78 is 6.49. The average molecular weight is 254 g/mol. The van der Waals surface area contributed by atoms with Crippen LogP contribution in [0.25, 0.3) is 10.9 Å². The third-order valence-electron chi connectivity index (χ3n) is 2.28. The number of benzene rings is 1. The first-order valence-corrected chi connectivity index (χ1v) is 5.42. The fraction of sp³-hybridized carbons (Fsp3) is 0.273. The molecule has 2 rings (SSSR count). The number of hydrogen-bond acceptors (Lipinski definition) is 1. The van der Waals surface area contributed by atoms with Crippen LogP contribution in [-0.4, -0.2) is 11.6 Å². The van der Waals surface area contributed by atoms with Gasteiger partial charge in [-0.1, -0.05) is 0 Å². The smallest absolute Gasteiger partial charge is 0.120 e. The van der Waals surface area contributed by atoms with Crippen LogP contribution in [0.1, 0.15) is 12.5 Å². The third kappa shape index (κ3) is 1.52. The topological polar surface area (TPSA) is 25.0 Å². The minimum Gasteiger partial charge on any atom is -0.494 e. The van der Waals surface area contributed by atoms with Crippen LogP contribution in [0.4, 0.5) is 0 Å². The summed E-state index contributed by atoms with van der Waals surface area (Å²) in [6.07, 6.45) is 0. The van der Waals surface area contributed by atoms with Gasteiger partial charge < -0.3 is 9.72 Å². The Morgan fingerprint density at radius 1 is 1.43 bits per heavy atom. The van der Waals surface area contributed by atoms with Gasteiger partial charge in [-0.15, -0.1) is 0 Å². The second kappa shape index (κ2) is 3.65. The Morgan fingerprint density at radius 2 is 2.21 bits per heavy atom. The van der Waals surface area contributed by atoms with Gasteiger partial charge in [0.15, 0.2) is 0 Å². The molecule has 1 heterocycles. The number of ether oxygens (including phenoxy) is 1. The van der Waals surface area contributed by atoms with Crippen molar-refractivity contribution in [1.29, 1.82) is 0 Å². The number of aryl methyl sites for hydroxylation is 1. The second-order valence-corrected chi connectivity index (χ2v) is 4.00. The predicted octanol–water partition coefficient (Wildman–Crippen LogP) is 3.64. The van der Waals surface area contributed by atoms with Gasteiger partial charge in [-0.2, -0.15) is 0 Å². The number of hydrogen-bond donors (Lipinski definition) is 1. The van der Waals surface area contributed by atoms with E-state index in [9.17, 15) is 0 Å². The molecule has 0 fully saturated rings. The highest BCUT2D eigenvalue weighted by Gasteiger charge is 2.05. The first-order chi connectivity index (χ1) is 6.72. The van der Waals surface area contributed by atoms with Crippen molar-refractivity contribution in [3.8, 4) is 5.75 Å². The van der Waals surface area contributed by atoms with Crippen LogP contribution < -0.4 is 4.74 Å². The van der Waals surface area contributed by atoms with E-state index < -0.39 is 0 Å². The zero-order chi connectivity index (χ0) is 10.1. The van der Waals surface area contributed by atoms with Gasteiger partial charge in [0.05, 0.1) is 11.2 Å². The molecule has 1 N–H and O–H groups in total. The van der Waals surface area contributed by atoms with Crippen molar-refractivity contribution < 1.29 is 4.74 Å². The number of aromatic amines is 1. The lowest BCUT2D eigenvalue weighted by atomic mass is 10.2. The summed E-state index contributed by atoms with van der Waals surface area (Å²) in [5.41, 5.74) is 2.36. The van der Waals surface area contributed by atoms with Crippen molar-refractivity contribution in [3.05, 3.63) is 28.4 Å². The van der Waals surface area contributed by atoms with E-state index in [4.69, 9.17) is 4.74 Å². The number of halogens is 1. The molecule has 0 aliphatic carbocycles. The van der Waals surface area contributed by atoms with Crippen molar-refractivity contribution in [1.82, 2.24) is 4.98 Å². The summed E-state index contributed by atoms with van der Waals surface area (Å²) >= 11 is 3.48. The van der Waals surface area contributed by atoms with Crippen LogP contribution in [0.5, 0.6) is 5.75 Å².